The van der Waals surface area contributed by atoms with Gasteiger partial charge < -0.3 is 15.1 Å². The molecule has 3 fully saturated rings. The first-order valence-electron chi connectivity index (χ1n) is 7.93. The maximum atomic E-state index is 12.6. The zero-order valence-electron chi connectivity index (χ0n) is 12.7. The summed E-state index contributed by atoms with van der Waals surface area (Å²) >= 11 is 0. The number of carbonyl (C=O) groups is 2. The number of hydrogen-bond acceptors (Lipinski definition) is 3. The van der Waals surface area contributed by atoms with E-state index in [-0.39, 0.29) is 30.1 Å². The van der Waals surface area contributed by atoms with E-state index < -0.39 is 0 Å². The lowest BCUT2D eigenvalue weighted by atomic mass is 10.1. The monoisotopic (exact) mass is 315 g/mol. The summed E-state index contributed by atoms with van der Waals surface area (Å²) in [5, 5.41) is 3.29. The number of nitrogens with zero attached hydrogens (tertiary/aromatic N) is 2. The van der Waals surface area contributed by atoms with Gasteiger partial charge >= 0.3 is 0 Å². The molecule has 120 valence electrons. The molecule has 0 aromatic heterocycles. The summed E-state index contributed by atoms with van der Waals surface area (Å²) in [6.45, 7) is 2.52. The zero-order valence-corrected chi connectivity index (χ0v) is 13.5. The third-order valence-electron chi connectivity index (χ3n) is 5.20. The van der Waals surface area contributed by atoms with Gasteiger partial charge in [0.05, 0.1) is 5.92 Å². The van der Waals surface area contributed by atoms with Gasteiger partial charge in [-0.1, -0.05) is 12.8 Å². The van der Waals surface area contributed by atoms with Crippen molar-refractivity contribution in [3.05, 3.63) is 0 Å². The summed E-state index contributed by atoms with van der Waals surface area (Å²) in [4.78, 5) is 28.6. The van der Waals surface area contributed by atoms with Crippen molar-refractivity contribution < 1.29 is 9.59 Å². The summed E-state index contributed by atoms with van der Waals surface area (Å²) in [6, 6.07) is 0.705. The molecule has 0 spiro atoms. The quantitative estimate of drug-likeness (QED) is 0.846. The van der Waals surface area contributed by atoms with Crippen molar-refractivity contribution in [1.82, 2.24) is 15.1 Å². The molecule has 1 aliphatic carbocycles. The fourth-order valence-corrected chi connectivity index (χ4v) is 3.90. The lowest BCUT2D eigenvalue weighted by molar-refractivity contribution is -0.136. The first kappa shape index (κ1) is 16.6. The standard InChI is InChI=1S/C15H25N3O2.ClH/c1-17(13-6-7-16-9-13)15(20)11-8-14(19)18(10-11)12-4-2-3-5-12;/h11-13,16H,2-10H2,1H3;1H. The second-order valence-electron chi connectivity index (χ2n) is 6.48. The molecule has 2 aliphatic heterocycles. The smallest absolute Gasteiger partial charge is 0.228 e. The van der Waals surface area contributed by atoms with E-state index >= 15 is 0 Å². The Bertz CT molecular complexity index is 392. The van der Waals surface area contributed by atoms with Crippen LogP contribution >= 0.6 is 12.4 Å². The Morgan fingerprint density at radius 2 is 2.00 bits per heavy atom. The molecule has 3 aliphatic rings. The molecule has 1 N–H and O–H groups in total. The lowest BCUT2D eigenvalue weighted by Gasteiger charge is -2.27. The number of halogens is 1. The van der Waals surface area contributed by atoms with Gasteiger partial charge in [-0.3, -0.25) is 9.59 Å². The highest BCUT2D eigenvalue weighted by Gasteiger charge is 2.40. The summed E-state index contributed by atoms with van der Waals surface area (Å²) in [7, 11) is 1.89. The summed E-state index contributed by atoms with van der Waals surface area (Å²) < 4.78 is 0. The number of nitrogens with one attached hydrogen (secondary N) is 1. The molecule has 3 rings (SSSR count). The molecule has 6 heteroatoms. The van der Waals surface area contributed by atoms with E-state index in [2.05, 4.69) is 5.32 Å². The van der Waals surface area contributed by atoms with Gasteiger partial charge in [0.15, 0.2) is 0 Å². The molecule has 2 saturated heterocycles. The third kappa shape index (κ3) is 3.34. The van der Waals surface area contributed by atoms with Crippen molar-refractivity contribution in [2.45, 2.75) is 50.6 Å². The van der Waals surface area contributed by atoms with Gasteiger partial charge in [0, 0.05) is 38.6 Å². The highest BCUT2D eigenvalue weighted by atomic mass is 35.5. The van der Waals surface area contributed by atoms with Gasteiger partial charge in [-0.15, -0.1) is 12.4 Å². The number of likely N-dealkylation sites (N-methyl/N-ethyl adjacent to an activating group) is 1. The SMILES string of the molecule is CN(C(=O)C1CC(=O)N(C2CCCC2)C1)C1CCNC1.Cl. The van der Waals surface area contributed by atoms with Crippen LogP contribution in [-0.2, 0) is 9.59 Å². The molecule has 2 amide bonds. The highest BCUT2D eigenvalue weighted by Crippen LogP contribution is 2.30. The van der Waals surface area contributed by atoms with Gasteiger partial charge in [-0.25, -0.2) is 0 Å². The van der Waals surface area contributed by atoms with Crippen molar-refractivity contribution in [2.24, 2.45) is 5.92 Å². The average Bonchev–Trinajstić information content (AvgIpc) is 3.17. The highest BCUT2D eigenvalue weighted by molar-refractivity contribution is 5.89. The molecular weight excluding hydrogens is 290 g/mol. The molecule has 0 aromatic carbocycles. The van der Waals surface area contributed by atoms with E-state index in [1.54, 1.807) is 0 Å². The Balaban J connectivity index is 0.00000161. The molecule has 21 heavy (non-hydrogen) atoms. The van der Waals surface area contributed by atoms with Crippen LogP contribution in [0.25, 0.3) is 0 Å². The topological polar surface area (TPSA) is 52.7 Å². The van der Waals surface area contributed by atoms with Gasteiger partial charge in [-0.2, -0.15) is 0 Å². The predicted octanol–water partition coefficient (Wildman–Crippen LogP) is 1.02. The zero-order chi connectivity index (χ0) is 14.1. The molecule has 1 saturated carbocycles. The molecule has 2 heterocycles. The molecule has 0 aromatic rings. The van der Waals surface area contributed by atoms with Crippen LogP contribution < -0.4 is 5.32 Å². The van der Waals surface area contributed by atoms with E-state index in [0.717, 1.165) is 32.4 Å². The number of amides is 2. The maximum absolute atomic E-state index is 12.6. The summed E-state index contributed by atoms with van der Waals surface area (Å²) in [5.74, 6) is 0.231. The van der Waals surface area contributed by atoms with Crippen LogP contribution in [-0.4, -0.2) is 60.4 Å². The van der Waals surface area contributed by atoms with Crippen molar-refractivity contribution in [3.63, 3.8) is 0 Å². The van der Waals surface area contributed by atoms with E-state index in [1.807, 2.05) is 16.8 Å². The minimum Gasteiger partial charge on any atom is -0.341 e. The largest absolute Gasteiger partial charge is 0.341 e. The summed E-state index contributed by atoms with van der Waals surface area (Å²) in [6.07, 6.45) is 6.13. The van der Waals surface area contributed by atoms with Gasteiger partial charge in [0.25, 0.3) is 0 Å². The van der Waals surface area contributed by atoms with Crippen LogP contribution in [0.3, 0.4) is 0 Å². The predicted molar refractivity (Wildman–Crippen MR) is 83.4 cm³/mol. The minimum absolute atomic E-state index is 0. The van der Waals surface area contributed by atoms with Crippen molar-refractivity contribution >= 4 is 24.2 Å². The van der Waals surface area contributed by atoms with Crippen molar-refractivity contribution in [3.8, 4) is 0 Å². The van der Waals surface area contributed by atoms with Crippen LogP contribution in [0.15, 0.2) is 0 Å². The number of carbonyl (C=O) groups excluding carboxylic acids is 2. The number of rotatable bonds is 3. The van der Waals surface area contributed by atoms with E-state index in [9.17, 15) is 9.59 Å². The van der Waals surface area contributed by atoms with Gasteiger partial charge in [0.1, 0.15) is 0 Å². The second-order valence-corrected chi connectivity index (χ2v) is 6.48. The van der Waals surface area contributed by atoms with Crippen LogP contribution in [0.2, 0.25) is 0 Å². The fourth-order valence-electron chi connectivity index (χ4n) is 3.90. The van der Waals surface area contributed by atoms with Crippen molar-refractivity contribution in [1.29, 1.82) is 0 Å². The first-order valence-corrected chi connectivity index (χ1v) is 7.93. The van der Waals surface area contributed by atoms with E-state index in [0.29, 0.717) is 25.0 Å². The molecule has 2 unspecified atom stereocenters. The average molecular weight is 316 g/mol. The number of hydrogen-bond donors (Lipinski definition) is 1. The van der Waals surface area contributed by atoms with Crippen LogP contribution in [0.4, 0.5) is 0 Å². The normalized spacial score (nSPS) is 29.8. The fraction of sp³-hybridized carbons (Fsp3) is 0.867. The van der Waals surface area contributed by atoms with Crippen LogP contribution in [0, 0.1) is 5.92 Å². The second kappa shape index (κ2) is 6.97. The number of likely N-dealkylation sites (tertiary alicyclic amines) is 1. The van der Waals surface area contributed by atoms with E-state index in [4.69, 9.17) is 0 Å². The van der Waals surface area contributed by atoms with E-state index in [1.165, 1.54) is 12.8 Å². The summed E-state index contributed by atoms with van der Waals surface area (Å²) in [5.41, 5.74) is 0. The molecule has 0 bridgehead atoms. The Morgan fingerprint density at radius 1 is 1.29 bits per heavy atom. The van der Waals surface area contributed by atoms with Crippen LogP contribution in [0.1, 0.15) is 38.5 Å². The molecule has 0 radical (unpaired) electrons. The Morgan fingerprint density at radius 3 is 2.62 bits per heavy atom. The third-order valence-corrected chi connectivity index (χ3v) is 5.20. The molecule has 2 atom stereocenters. The first-order chi connectivity index (χ1) is 9.66. The van der Waals surface area contributed by atoms with Gasteiger partial charge in [0.2, 0.25) is 11.8 Å². The Labute approximate surface area is 132 Å². The van der Waals surface area contributed by atoms with Crippen molar-refractivity contribution in [2.75, 3.05) is 26.7 Å². The minimum atomic E-state index is -0.117. The lowest BCUT2D eigenvalue weighted by Crippen LogP contribution is -2.43. The molecule has 5 nitrogen and oxygen atoms in total. The Kier molecular flexibility index (Phi) is 5.49. The Hall–Kier alpha value is -0.810. The van der Waals surface area contributed by atoms with Gasteiger partial charge in [-0.05, 0) is 25.8 Å². The molecular formula is C15H26ClN3O2. The van der Waals surface area contributed by atoms with Crippen LogP contribution in [0.5, 0.6) is 0 Å². The maximum Gasteiger partial charge on any atom is 0.228 e.